The highest BCUT2D eigenvalue weighted by Gasteiger charge is 2.14. The maximum atomic E-state index is 11.6. The van der Waals surface area contributed by atoms with Gasteiger partial charge in [-0.25, -0.2) is 9.78 Å². The van der Waals surface area contributed by atoms with Crippen LogP contribution in [-0.4, -0.2) is 22.5 Å². The minimum atomic E-state index is -0.651. The average molecular weight is 352 g/mol. The summed E-state index contributed by atoms with van der Waals surface area (Å²) < 4.78 is 4.82. The number of hydrogen-bond donors (Lipinski definition) is 2. The summed E-state index contributed by atoms with van der Waals surface area (Å²) in [7, 11) is 0. The first-order valence-corrected chi connectivity index (χ1v) is 8.59. The van der Waals surface area contributed by atoms with Crippen LogP contribution in [0, 0.1) is 18.3 Å². The Morgan fingerprint density at radius 1 is 1.48 bits per heavy atom. The quantitative estimate of drug-likeness (QED) is 0.412. The van der Waals surface area contributed by atoms with Crippen molar-refractivity contribution in [3.8, 4) is 17.3 Å². The largest absolute Gasteiger partial charge is 0.462 e. The Kier molecular flexibility index (Phi) is 4.82. The zero-order valence-corrected chi connectivity index (χ0v) is 14.6. The number of H-pyrrole nitrogens is 1. The number of benzene rings is 1. The van der Waals surface area contributed by atoms with E-state index in [9.17, 15) is 4.79 Å². The number of nitrogens with zero attached hydrogens (tertiary/aromatic N) is 2. The number of carbonyl (C=O) groups is 1. The smallest absolute Gasteiger partial charge is 0.350 e. The number of aromatic nitrogens is 2. The molecule has 3 rings (SSSR count). The van der Waals surface area contributed by atoms with Crippen LogP contribution in [0.2, 0.25) is 0 Å². The molecule has 25 heavy (non-hydrogen) atoms. The number of aromatic amines is 1. The number of nitrogens with one attached hydrogen (secondary N) is 2. The first-order chi connectivity index (χ1) is 12.1. The molecule has 0 saturated heterocycles. The van der Waals surface area contributed by atoms with Crippen LogP contribution < -0.4 is 5.32 Å². The first-order valence-electron chi connectivity index (χ1n) is 7.71. The summed E-state index contributed by atoms with van der Waals surface area (Å²) >= 11 is 1.40. The van der Waals surface area contributed by atoms with Gasteiger partial charge >= 0.3 is 5.97 Å². The highest BCUT2D eigenvalue weighted by Crippen LogP contribution is 2.33. The Morgan fingerprint density at radius 2 is 2.28 bits per heavy atom. The number of para-hydroxylation sites is 1. The fourth-order valence-electron chi connectivity index (χ4n) is 2.54. The van der Waals surface area contributed by atoms with Gasteiger partial charge in [0, 0.05) is 33.7 Å². The van der Waals surface area contributed by atoms with Crippen molar-refractivity contribution in [2.24, 2.45) is 0 Å². The van der Waals surface area contributed by atoms with Crippen LogP contribution in [0.5, 0.6) is 0 Å². The van der Waals surface area contributed by atoms with E-state index in [-0.39, 0.29) is 12.2 Å². The normalized spacial score (nSPS) is 11.3. The Hall–Kier alpha value is -3.11. The number of thiazole rings is 1. The van der Waals surface area contributed by atoms with Crippen molar-refractivity contribution in [3.63, 3.8) is 0 Å². The van der Waals surface area contributed by atoms with Gasteiger partial charge < -0.3 is 15.0 Å². The number of carbonyl (C=O) groups excluding carboxylic acids is 1. The lowest BCUT2D eigenvalue weighted by molar-refractivity contribution is -0.138. The minimum Gasteiger partial charge on any atom is -0.462 e. The van der Waals surface area contributed by atoms with Gasteiger partial charge in [0.05, 0.1) is 12.3 Å². The lowest BCUT2D eigenvalue weighted by Gasteiger charge is -2.00. The fourth-order valence-corrected chi connectivity index (χ4v) is 3.21. The van der Waals surface area contributed by atoms with Gasteiger partial charge in [-0.3, -0.25) is 0 Å². The lowest BCUT2D eigenvalue weighted by atomic mass is 10.1. The monoisotopic (exact) mass is 352 g/mol. The molecule has 0 aliphatic carbocycles. The van der Waals surface area contributed by atoms with Gasteiger partial charge in [-0.2, -0.15) is 5.26 Å². The van der Waals surface area contributed by atoms with E-state index < -0.39 is 5.97 Å². The van der Waals surface area contributed by atoms with Crippen LogP contribution in [0.3, 0.4) is 0 Å². The van der Waals surface area contributed by atoms with Gasteiger partial charge in [0.25, 0.3) is 0 Å². The van der Waals surface area contributed by atoms with Crippen molar-refractivity contribution in [3.05, 3.63) is 47.1 Å². The molecule has 7 heteroatoms. The molecule has 2 heterocycles. The lowest BCUT2D eigenvalue weighted by Crippen LogP contribution is -2.07. The Morgan fingerprint density at radius 3 is 3.04 bits per heavy atom. The van der Waals surface area contributed by atoms with E-state index in [4.69, 9.17) is 10.00 Å². The summed E-state index contributed by atoms with van der Waals surface area (Å²) in [4.78, 5) is 19.5. The van der Waals surface area contributed by atoms with Crippen molar-refractivity contribution in [2.45, 2.75) is 13.8 Å². The van der Waals surface area contributed by atoms with Crippen LogP contribution in [0.4, 0.5) is 5.13 Å². The molecule has 0 unspecified atom stereocenters. The van der Waals surface area contributed by atoms with Crippen LogP contribution in [-0.2, 0) is 9.53 Å². The number of aryl methyl sites for hydroxylation is 1. The minimum absolute atomic E-state index is 0.0955. The SMILES string of the molecule is CCOC(=O)/C(C#N)=C/Nc1nc(-c2c(C)[nH]c3ccccc23)cs1. The molecule has 0 amide bonds. The van der Waals surface area contributed by atoms with Gasteiger partial charge in [0.2, 0.25) is 0 Å². The van der Waals surface area contributed by atoms with Crippen molar-refractivity contribution >= 4 is 33.3 Å². The molecule has 0 aliphatic rings. The number of hydrogen-bond acceptors (Lipinski definition) is 6. The van der Waals surface area contributed by atoms with Crippen LogP contribution in [0.15, 0.2) is 41.4 Å². The van der Waals surface area contributed by atoms with Crippen molar-refractivity contribution < 1.29 is 9.53 Å². The molecular weight excluding hydrogens is 336 g/mol. The molecule has 0 radical (unpaired) electrons. The second-order valence-electron chi connectivity index (χ2n) is 5.24. The topological polar surface area (TPSA) is 90.8 Å². The van der Waals surface area contributed by atoms with Gasteiger partial charge in [-0.1, -0.05) is 18.2 Å². The van der Waals surface area contributed by atoms with Gasteiger partial charge in [0.15, 0.2) is 10.7 Å². The number of fused-ring (bicyclic) bond motifs is 1. The Bertz CT molecular complexity index is 994. The first kappa shape index (κ1) is 16.7. The summed E-state index contributed by atoms with van der Waals surface area (Å²) in [6, 6.07) is 9.88. The van der Waals surface area contributed by atoms with Crippen molar-refractivity contribution in [1.82, 2.24) is 9.97 Å². The molecule has 126 valence electrons. The van der Waals surface area contributed by atoms with Crippen LogP contribution in [0.1, 0.15) is 12.6 Å². The van der Waals surface area contributed by atoms with E-state index in [1.54, 1.807) is 6.92 Å². The number of anilines is 1. The number of rotatable bonds is 5. The van der Waals surface area contributed by atoms with E-state index in [1.165, 1.54) is 17.5 Å². The predicted molar refractivity (Wildman–Crippen MR) is 98.1 cm³/mol. The highest BCUT2D eigenvalue weighted by molar-refractivity contribution is 7.14. The molecule has 6 nitrogen and oxygen atoms in total. The second kappa shape index (κ2) is 7.20. The molecule has 0 aliphatic heterocycles. The summed E-state index contributed by atoms with van der Waals surface area (Å²) in [6.07, 6.45) is 1.32. The maximum Gasteiger partial charge on any atom is 0.350 e. The molecular formula is C18H16N4O2S. The average Bonchev–Trinajstić information content (AvgIpc) is 3.18. The second-order valence-corrected chi connectivity index (χ2v) is 6.10. The molecule has 0 bridgehead atoms. The van der Waals surface area contributed by atoms with Crippen molar-refractivity contribution in [2.75, 3.05) is 11.9 Å². The van der Waals surface area contributed by atoms with Gasteiger partial charge in [-0.15, -0.1) is 11.3 Å². The molecule has 2 aromatic heterocycles. The van der Waals surface area contributed by atoms with Gasteiger partial charge in [0.1, 0.15) is 6.07 Å². The number of ether oxygens (including phenoxy) is 1. The standard InChI is InChI=1S/C18H16N4O2S/c1-3-24-17(23)12(8-19)9-20-18-22-15(10-25-18)16-11(2)21-14-7-5-4-6-13(14)16/h4-7,9-10,21H,3H2,1-2H3,(H,20,22)/b12-9+. The summed E-state index contributed by atoms with van der Waals surface area (Å²) in [6.45, 7) is 3.92. The predicted octanol–water partition coefficient (Wildman–Crippen LogP) is 3.98. The van der Waals surface area contributed by atoms with E-state index in [2.05, 4.69) is 21.4 Å². The summed E-state index contributed by atoms with van der Waals surface area (Å²) in [5, 5.41) is 15.6. The third kappa shape index (κ3) is 3.39. The fraction of sp³-hybridized carbons (Fsp3) is 0.167. The molecule has 0 fully saturated rings. The zero-order valence-electron chi connectivity index (χ0n) is 13.8. The third-order valence-electron chi connectivity index (χ3n) is 3.61. The number of esters is 1. The number of nitriles is 1. The van der Waals surface area contributed by atoms with E-state index in [1.807, 2.05) is 36.6 Å². The zero-order chi connectivity index (χ0) is 17.8. The molecule has 2 N–H and O–H groups in total. The summed E-state index contributed by atoms with van der Waals surface area (Å²) in [5.74, 6) is -0.651. The summed E-state index contributed by atoms with van der Waals surface area (Å²) in [5.41, 5.74) is 3.89. The van der Waals surface area contributed by atoms with Crippen molar-refractivity contribution in [1.29, 1.82) is 5.26 Å². The van der Waals surface area contributed by atoms with Crippen LogP contribution in [0.25, 0.3) is 22.2 Å². The molecule has 1 aromatic carbocycles. The Labute approximate surface area is 148 Å². The van der Waals surface area contributed by atoms with E-state index >= 15 is 0 Å². The maximum absolute atomic E-state index is 11.6. The highest BCUT2D eigenvalue weighted by atomic mass is 32.1. The van der Waals surface area contributed by atoms with E-state index in [0.717, 1.165) is 27.9 Å². The van der Waals surface area contributed by atoms with Crippen LogP contribution >= 0.6 is 11.3 Å². The van der Waals surface area contributed by atoms with E-state index in [0.29, 0.717) is 5.13 Å². The molecule has 0 spiro atoms. The molecule has 0 saturated carbocycles. The molecule has 0 atom stereocenters. The van der Waals surface area contributed by atoms with Gasteiger partial charge in [-0.05, 0) is 19.9 Å². The molecule has 3 aromatic rings. The Balaban J connectivity index is 1.87. The third-order valence-corrected chi connectivity index (χ3v) is 4.38.